The third-order valence-electron chi connectivity index (χ3n) is 6.70. The number of aliphatic hydroxyl groups is 1. The number of rotatable bonds is 3. The van der Waals surface area contributed by atoms with Crippen LogP contribution in [0.1, 0.15) is 65.7 Å². The molecule has 3 rings (SSSR count). The molecule has 3 fully saturated rings. The zero-order chi connectivity index (χ0) is 13.7. The normalized spacial score (nSPS) is 48.6. The first-order valence-corrected chi connectivity index (χ1v) is 8.33. The number of nitrogens with one attached hydrogen (secondary N) is 1. The molecule has 0 saturated heterocycles. The Kier molecular flexibility index (Phi) is 3.46. The highest BCUT2D eigenvalue weighted by molar-refractivity contribution is 5.12. The van der Waals surface area contributed by atoms with Crippen LogP contribution < -0.4 is 5.32 Å². The van der Waals surface area contributed by atoms with Crippen molar-refractivity contribution in [3.05, 3.63) is 0 Å². The predicted molar refractivity (Wildman–Crippen MR) is 79.0 cm³/mol. The monoisotopic (exact) mass is 265 g/mol. The summed E-state index contributed by atoms with van der Waals surface area (Å²) in [5.41, 5.74) is 1.02. The van der Waals surface area contributed by atoms with Gasteiger partial charge >= 0.3 is 0 Å². The lowest BCUT2D eigenvalue weighted by Crippen LogP contribution is -2.51. The van der Waals surface area contributed by atoms with Crippen molar-refractivity contribution < 1.29 is 5.11 Å². The van der Waals surface area contributed by atoms with E-state index in [0.29, 0.717) is 16.9 Å². The Hall–Kier alpha value is -0.0800. The largest absolute Gasteiger partial charge is 0.393 e. The topological polar surface area (TPSA) is 32.3 Å². The summed E-state index contributed by atoms with van der Waals surface area (Å²) in [6.45, 7) is 8.63. The lowest BCUT2D eigenvalue weighted by Gasteiger charge is -2.44. The van der Waals surface area contributed by atoms with E-state index in [-0.39, 0.29) is 6.10 Å². The van der Waals surface area contributed by atoms with Crippen molar-refractivity contribution in [3.8, 4) is 0 Å². The van der Waals surface area contributed by atoms with Gasteiger partial charge in [0.1, 0.15) is 0 Å². The number of hydrogen-bond acceptors (Lipinski definition) is 2. The van der Waals surface area contributed by atoms with Crippen molar-refractivity contribution in [2.24, 2.45) is 22.7 Å². The zero-order valence-electron chi connectivity index (χ0n) is 12.9. The van der Waals surface area contributed by atoms with Crippen LogP contribution in [0.15, 0.2) is 0 Å². The van der Waals surface area contributed by atoms with Crippen LogP contribution in [-0.4, -0.2) is 23.8 Å². The average Bonchev–Trinajstić information content (AvgIpc) is 2.82. The smallest absolute Gasteiger partial charge is 0.0540 e. The maximum Gasteiger partial charge on any atom is 0.0540 e. The quantitative estimate of drug-likeness (QED) is 0.820. The van der Waals surface area contributed by atoms with Gasteiger partial charge < -0.3 is 10.4 Å². The molecule has 0 aliphatic heterocycles. The van der Waals surface area contributed by atoms with Gasteiger partial charge in [0, 0.05) is 6.04 Å². The molecule has 0 aromatic rings. The first kappa shape index (κ1) is 13.9. The van der Waals surface area contributed by atoms with Crippen LogP contribution in [0.4, 0.5) is 0 Å². The van der Waals surface area contributed by atoms with Crippen LogP contribution in [0, 0.1) is 22.7 Å². The maximum atomic E-state index is 9.60. The molecule has 3 aliphatic carbocycles. The molecule has 3 atom stereocenters. The lowest BCUT2D eigenvalue weighted by atomic mass is 9.68. The van der Waals surface area contributed by atoms with E-state index in [9.17, 15) is 5.11 Å². The van der Waals surface area contributed by atoms with E-state index in [4.69, 9.17) is 0 Å². The minimum Gasteiger partial charge on any atom is -0.393 e. The SMILES string of the molecule is CC1(C)C(NCC2CCC(O)CC2)[C@]2(C)CC[C@H]1C2. The van der Waals surface area contributed by atoms with Crippen LogP contribution in [0.25, 0.3) is 0 Å². The third kappa shape index (κ3) is 2.35. The van der Waals surface area contributed by atoms with Crippen molar-refractivity contribution >= 4 is 0 Å². The Morgan fingerprint density at radius 2 is 1.74 bits per heavy atom. The molecule has 3 aliphatic rings. The Bertz CT molecular complexity index is 327. The highest BCUT2D eigenvalue weighted by atomic mass is 16.3. The molecule has 2 N–H and O–H groups in total. The van der Waals surface area contributed by atoms with Gasteiger partial charge in [0.05, 0.1) is 6.10 Å². The fourth-order valence-electron chi connectivity index (χ4n) is 5.44. The summed E-state index contributed by atoms with van der Waals surface area (Å²) in [5.74, 6) is 1.73. The molecular formula is C17H31NO. The van der Waals surface area contributed by atoms with E-state index in [1.165, 1.54) is 38.6 Å². The van der Waals surface area contributed by atoms with Crippen LogP contribution in [0.3, 0.4) is 0 Å². The van der Waals surface area contributed by atoms with Crippen molar-refractivity contribution in [1.82, 2.24) is 5.32 Å². The Morgan fingerprint density at radius 3 is 2.32 bits per heavy atom. The highest BCUT2D eigenvalue weighted by Crippen LogP contribution is 2.62. The molecule has 2 heteroatoms. The standard InChI is InChI=1S/C17H31NO/c1-16(2)13-8-9-17(3,10-13)15(16)18-11-12-4-6-14(19)7-5-12/h12-15,18-19H,4-11H2,1-3H3/t12?,13-,14?,15?,17+/m0/s1. The van der Waals surface area contributed by atoms with Crippen LogP contribution >= 0.6 is 0 Å². The van der Waals surface area contributed by atoms with E-state index in [2.05, 4.69) is 26.1 Å². The van der Waals surface area contributed by atoms with Crippen molar-refractivity contribution in [1.29, 1.82) is 0 Å². The van der Waals surface area contributed by atoms with Gasteiger partial charge in [0.25, 0.3) is 0 Å². The van der Waals surface area contributed by atoms with Gasteiger partial charge in [-0.15, -0.1) is 0 Å². The third-order valence-corrected chi connectivity index (χ3v) is 6.70. The second kappa shape index (κ2) is 4.73. The van der Waals surface area contributed by atoms with Gasteiger partial charge in [-0.3, -0.25) is 0 Å². The highest BCUT2D eigenvalue weighted by Gasteiger charge is 2.58. The second-order valence-electron chi connectivity index (χ2n) is 8.43. The lowest BCUT2D eigenvalue weighted by molar-refractivity contribution is 0.0855. The molecule has 0 radical (unpaired) electrons. The molecule has 0 amide bonds. The zero-order valence-corrected chi connectivity index (χ0v) is 12.9. The Morgan fingerprint density at radius 1 is 1.05 bits per heavy atom. The van der Waals surface area contributed by atoms with Crippen molar-refractivity contribution in [2.75, 3.05) is 6.54 Å². The Labute approximate surface area is 118 Å². The first-order valence-electron chi connectivity index (χ1n) is 8.33. The molecule has 3 saturated carbocycles. The summed E-state index contributed by atoms with van der Waals surface area (Å²) < 4.78 is 0. The molecular weight excluding hydrogens is 234 g/mol. The summed E-state index contributed by atoms with van der Waals surface area (Å²) in [6.07, 6.45) is 8.72. The fourth-order valence-corrected chi connectivity index (χ4v) is 5.44. The van der Waals surface area contributed by atoms with E-state index < -0.39 is 0 Å². The van der Waals surface area contributed by atoms with Crippen LogP contribution in [0.2, 0.25) is 0 Å². The number of aliphatic hydroxyl groups excluding tert-OH is 1. The van der Waals surface area contributed by atoms with E-state index in [1.807, 2.05) is 0 Å². The molecule has 2 nitrogen and oxygen atoms in total. The average molecular weight is 265 g/mol. The molecule has 0 aromatic carbocycles. The van der Waals surface area contributed by atoms with Gasteiger partial charge in [-0.25, -0.2) is 0 Å². The molecule has 0 spiro atoms. The first-order chi connectivity index (χ1) is 8.92. The molecule has 19 heavy (non-hydrogen) atoms. The fraction of sp³-hybridized carbons (Fsp3) is 1.00. The van der Waals surface area contributed by atoms with Crippen molar-refractivity contribution in [3.63, 3.8) is 0 Å². The number of hydrogen-bond donors (Lipinski definition) is 2. The van der Waals surface area contributed by atoms with E-state index in [0.717, 1.165) is 24.7 Å². The van der Waals surface area contributed by atoms with Crippen LogP contribution in [0.5, 0.6) is 0 Å². The van der Waals surface area contributed by atoms with Gasteiger partial charge in [-0.2, -0.15) is 0 Å². The molecule has 110 valence electrons. The summed E-state index contributed by atoms with van der Waals surface area (Å²) in [5, 5.41) is 13.5. The Balaban J connectivity index is 1.58. The maximum absolute atomic E-state index is 9.60. The summed E-state index contributed by atoms with van der Waals surface area (Å²) >= 11 is 0. The van der Waals surface area contributed by atoms with Gasteiger partial charge in [0.2, 0.25) is 0 Å². The van der Waals surface area contributed by atoms with Crippen LogP contribution in [-0.2, 0) is 0 Å². The second-order valence-corrected chi connectivity index (χ2v) is 8.43. The number of fused-ring (bicyclic) bond motifs is 2. The van der Waals surface area contributed by atoms with Gasteiger partial charge in [-0.1, -0.05) is 20.8 Å². The minimum absolute atomic E-state index is 0.0206. The summed E-state index contributed by atoms with van der Waals surface area (Å²) in [4.78, 5) is 0. The summed E-state index contributed by atoms with van der Waals surface area (Å²) in [7, 11) is 0. The summed E-state index contributed by atoms with van der Waals surface area (Å²) in [6, 6.07) is 0.700. The van der Waals surface area contributed by atoms with Gasteiger partial charge in [0.15, 0.2) is 0 Å². The molecule has 0 heterocycles. The predicted octanol–water partition coefficient (Wildman–Crippen LogP) is 3.34. The van der Waals surface area contributed by atoms with Gasteiger partial charge in [-0.05, 0) is 74.2 Å². The minimum atomic E-state index is -0.0206. The van der Waals surface area contributed by atoms with Crippen molar-refractivity contribution in [2.45, 2.75) is 77.9 Å². The van der Waals surface area contributed by atoms with E-state index >= 15 is 0 Å². The molecule has 2 bridgehead atoms. The van der Waals surface area contributed by atoms with E-state index in [1.54, 1.807) is 0 Å². The molecule has 0 aromatic heterocycles. The molecule has 1 unspecified atom stereocenters.